The van der Waals surface area contributed by atoms with Crippen LogP contribution in [0.5, 0.6) is 5.75 Å². The van der Waals surface area contributed by atoms with Crippen LogP contribution in [0.1, 0.15) is 22.3 Å². The summed E-state index contributed by atoms with van der Waals surface area (Å²) in [6.45, 7) is 7.15. The summed E-state index contributed by atoms with van der Waals surface area (Å²) in [6, 6.07) is 14.0. The third kappa shape index (κ3) is 4.43. The quantitative estimate of drug-likeness (QED) is 0.238. The van der Waals surface area contributed by atoms with Gasteiger partial charge in [0.2, 0.25) is 6.08 Å². The molecule has 0 aliphatic heterocycles. The number of nitrogens with zero attached hydrogens (tertiary/aromatic N) is 5. The van der Waals surface area contributed by atoms with Crippen molar-refractivity contribution in [3.63, 3.8) is 0 Å². The number of carbonyl (C=O) groups excluding carboxylic acids is 1. The number of aliphatic imine (C=N–C) groups is 1. The Morgan fingerprint density at radius 3 is 1.68 bits per heavy atom. The first-order chi connectivity index (χ1) is 17.7. The fourth-order valence-corrected chi connectivity index (χ4v) is 3.87. The molecule has 184 valence electrons. The number of aromatic nitrogens is 3. The lowest BCUT2D eigenvalue weighted by Crippen LogP contribution is -2.52. The summed E-state index contributed by atoms with van der Waals surface area (Å²) in [4.78, 5) is 55.7. The number of nitriles is 1. The van der Waals surface area contributed by atoms with Crippen molar-refractivity contribution in [2.75, 3.05) is 0 Å². The molecule has 0 N–H and O–H groups in total. The fourth-order valence-electron chi connectivity index (χ4n) is 3.87. The maximum absolute atomic E-state index is 13.7. The highest BCUT2D eigenvalue weighted by molar-refractivity contribution is 5.58. The SMILES string of the molecule is Cc1ccc(-n2c(=O)n(-c3ccc(C)c(N=C=O)c3)c(=O)n(-c3ccc(C)c(OC#N)c3)c2=O)cc1C. The van der Waals surface area contributed by atoms with Crippen LogP contribution in [0.15, 0.2) is 74.0 Å². The van der Waals surface area contributed by atoms with Crippen LogP contribution < -0.4 is 21.8 Å². The highest BCUT2D eigenvalue weighted by atomic mass is 16.5. The van der Waals surface area contributed by atoms with Crippen LogP contribution in [0.2, 0.25) is 0 Å². The van der Waals surface area contributed by atoms with Crippen molar-refractivity contribution in [1.29, 1.82) is 5.26 Å². The standard InChI is InChI=1S/C27H21N5O5/c1-16-5-8-20(11-19(16)4)30-25(34)31(21-9-6-17(2)23(12-21)29-15-33)27(36)32(26(30)35)22-10-7-18(3)24(13-22)37-14-28/h5-13H,1-4H3. The van der Waals surface area contributed by atoms with Crippen LogP contribution in [0, 0.1) is 39.2 Å². The minimum atomic E-state index is -0.952. The first-order valence-electron chi connectivity index (χ1n) is 11.1. The van der Waals surface area contributed by atoms with E-state index < -0.39 is 17.1 Å². The van der Waals surface area contributed by atoms with E-state index in [1.807, 2.05) is 13.8 Å². The molecule has 0 aliphatic carbocycles. The second kappa shape index (κ2) is 9.77. The van der Waals surface area contributed by atoms with Gasteiger partial charge in [-0.3, -0.25) is 0 Å². The van der Waals surface area contributed by atoms with Gasteiger partial charge >= 0.3 is 17.1 Å². The summed E-state index contributed by atoms with van der Waals surface area (Å²) in [5.41, 5.74) is 0.941. The molecule has 4 aromatic rings. The summed E-state index contributed by atoms with van der Waals surface area (Å²) in [6.07, 6.45) is 3.04. The number of hydrogen-bond donors (Lipinski definition) is 0. The van der Waals surface area contributed by atoms with Crippen molar-refractivity contribution in [3.8, 4) is 29.1 Å². The maximum Gasteiger partial charge on any atom is 0.345 e. The van der Waals surface area contributed by atoms with E-state index in [0.29, 0.717) is 11.1 Å². The predicted molar refractivity (Wildman–Crippen MR) is 136 cm³/mol. The van der Waals surface area contributed by atoms with Gasteiger partial charge in [0.25, 0.3) is 6.26 Å². The molecule has 3 aromatic carbocycles. The van der Waals surface area contributed by atoms with Crippen molar-refractivity contribution in [1.82, 2.24) is 13.7 Å². The van der Waals surface area contributed by atoms with Gasteiger partial charge in [-0.15, -0.1) is 5.26 Å². The fraction of sp³-hybridized carbons (Fsp3) is 0.148. The normalized spacial score (nSPS) is 10.5. The zero-order valence-corrected chi connectivity index (χ0v) is 20.5. The molecule has 0 amide bonds. The minimum absolute atomic E-state index is 0.0930. The lowest BCUT2D eigenvalue weighted by atomic mass is 10.1. The molecule has 0 unspecified atom stereocenters. The molecular weight excluding hydrogens is 474 g/mol. The van der Waals surface area contributed by atoms with Gasteiger partial charge in [0.15, 0.2) is 0 Å². The monoisotopic (exact) mass is 495 g/mol. The van der Waals surface area contributed by atoms with E-state index in [-0.39, 0.29) is 28.5 Å². The summed E-state index contributed by atoms with van der Waals surface area (Å²) in [7, 11) is 0. The van der Waals surface area contributed by atoms with Crippen molar-refractivity contribution in [2.45, 2.75) is 27.7 Å². The van der Waals surface area contributed by atoms with Crippen LogP contribution in [-0.4, -0.2) is 19.8 Å². The van der Waals surface area contributed by atoms with E-state index in [0.717, 1.165) is 24.8 Å². The third-order valence-electron chi connectivity index (χ3n) is 6.10. The number of ether oxygens (including phenoxy) is 1. The minimum Gasteiger partial charge on any atom is -0.388 e. The van der Waals surface area contributed by atoms with Crippen LogP contribution in [-0.2, 0) is 4.79 Å². The van der Waals surface area contributed by atoms with E-state index in [9.17, 15) is 19.2 Å². The summed E-state index contributed by atoms with van der Waals surface area (Å²) < 4.78 is 7.52. The van der Waals surface area contributed by atoms with Crippen molar-refractivity contribution in [2.24, 2.45) is 4.99 Å². The molecule has 0 radical (unpaired) electrons. The Kier molecular flexibility index (Phi) is 6.57. The van der Waals surface area contributed by atoms with Crippen molar-refractivity contribution >= 4 is 11.8 Å². The Labute approximate surface area is 210 Å². The van der Waals surface area contributed by atoms with Crippen LogP contribution >= 0.6 is 0 Å². The van der Waals surface area contributed by atoms with Crippen LogP contribution in [0.3, 0.4) is 0 Å². The molecule has 0 aliphatic rings. The topological polar surface area (TPSA) is 128 Å². The molecule has 4 rings (SSSR count). The summed E-state index contributed by atoms with van der Waals surface area (Å²) in [5.74, 6) is 0.153. The Hall–Kier alpha value is -5.26. The molecular formula is C27H21N5O5. The smallest absolute Gasteiger partial charge is 0.345 e. The Morgan fingerprint density at radius 2 is 1.16 bits per heavy atom. The largest absolute Gasteiger partial charge is 0.388 e. The highest BCUT2D eigenvalue weighted by Gasteiger charge is 2.21. The molecule has 1 aromatic heterocycles. The van der Waals surface area contributed by atoms with Gasteiger partial charge in [0, 0.05) is 6.07 Å². The molecule has 0 bridgehead atoms. The van der Waals surface area contributed by atoms with Crippen molar-refractivity contribution in [3.05, 3.63) is 108 Å². The Morgan fingerprint density at radius 1 is 0.676 bits per heavy atom. The average Bonchev–Trinajstić information content (AvgIpc) is 2.85. The van der Waals surface area contributed by atoms with Gasteiger partial charge in [-0.1, -0.05) is 18.2 Å². The number of benzene rings is 3. The van der Waals surface area contributed by atoms with Crippen LogP contribution in [0.4, 0.5) is 5.69 Å². The van der Waals surface area contributed by atoms with Crippen molar-refractivity contribution < 1.29 is 9.53 Å². The second-order valence-corrected chi connectivity index (χ2v) is 8.44. The van der Waals surface area contributed by atoms with Gasteiger partial charge in [-0.05, 0) is 80.3 Å². The average molecular weight is 495 g/mol. The van der Waals surface area contributed by atoms with E-state index in [2.05, 4.69) is 4.99 Å². The molecule has 37 heavy (non-hydrogen) atoms. The number of aryl methyl sites for hydroxylation is 4. The highest BCUT2D eigenvalue weighted by Crippen LogP contribution is 2.22. The second-order valence-electron chi connectivity index (χ2n) is 8.44. The van der Waals surface area contributed by atoms with E-state index in [4.69, 9.17) is 10.00 Å². The van der Waals surface area contributed by atoms with E-state index in [1.54, 1.807) is 50.4 Å². The molecule has 0 fully saturated rings. The number of rotatable bonds is 5. The molecule has 10 nitrogen and oxygen atoms in total. The lowest BCUT2D eigenvalue weighted by molar-refractivity contribution is 0.502. The Balaban J connectivity index is 2.16. The first-order valence-corrected chi connectivity index (χ1v) is 11.1. The molecule has 1 heterocycles. The molecule has 0 atom stereocenters. The summed E-state index contributed by atoms with van der Waals surface area (Å²) >= 11 is 0. The third-order valence-corrected chi connectivity index (χ3v) is 6.10. The summed E-state index contributed by atoms with van der Waals surface area (Å²) in [5, 5.41) is 8.99. The van der Waals surface area contributed by atoms with E-state index >= 15 is 0 Å². The maximum atomic E-state index is 13.7. The van der Waals surface area contributed by atoms with Crippen LogP contribution in [0.25, 0.3) is 17.1 Å². The zero-order valence-electron chi connectivity index (χ0n) is 20.5. The van der Waals surface area contributed by atoms with E-state index in [1.165, 1.54) is 30.3 Å². The molecule has 0 saturated heterocycles. The van der Waals surface area contributed by atoms with Gasteiger partial charge in [0.05, 0.1) is 22.7 Å². The van der Waals surface area contributed by atoms with Gasteiger partial charge in [-0.25, -0.2) is 32.9 Å². The molecule has 0 saturated carbocycles. The first kappa shape index (κ1) is 24.9. The number of hydrogen-bond acceptors (Lipinski definition) is 7. The lowest BCUT2D eigenvalue weighted by Gasteiger charge is -2.16. The Bertz CT molecular complexity index is 1830. The molecule has 0 spiro atoms. The van der Waals surface area contributed by atoms with Gasteiger partial charge in [-0.2, -0.15) is 4.99 Å². The van der Waals surface area contributed by atoms with Gasteiger partial charge < -0.3 is 4.74 Å². The predicted octanol–water partition coefficient (Wildman–Crippen LogP) is 3.20. The zero-order chi connectivity index (χ0) is 26.9. The van der Waals surface area contributed by atoms with Gasteiger partial charge in [0.1, 0.15) is 5.75 Å². The molecule has 10 heteroatoms. The number of isocyanates is 1.